The van der Waals surface area contributed by atoms with Gasteiger partial charge in [-0.15, -0.1) is 11.8 Å². The van der Waals surface area contributed by atoms with Crippen LogP contribution in [0.4, 0.5) is 0 Å². The van der Waals surface area contributed by atoms with E-state index in [0.717, 1.165) is 16.7 Å². The van der Waals surface area contributed by atoms with Crippen LogP contribution in [0.15, 0.2) is 103 Å². The van der Waals surface area contributed by atoms with E-state index in [1.54, 1.807) is 20.8 Å². The number of amides is 3. The Bertz CT molecular complexity index is 1420. The Hall–Kier alpha value is -4.41. The SMILES string of the molecule is C/C=C(\NC(=O)[C@@H](CSC(c1ccccc1)(c1ccccc1)c1ccccc1)NC(=O)[C@H](N)C(C)C)C(=O)N[C@H](C(=O)OC)C(C)C. The van der Waals surface area contributed by atoms with Crippen molar-refractivity contribution >= 4 is 35.5 Å². The van der Waals surface area contributed by atoms with Gasteiger partial charge in [-0.1, -0.05) is 125 Å². The van der Waals surface area contributed by atoms with Crippen molar-refractivity contribution in [3.63, 3.8) is 0 Å². The Labute approximate surface area is 282 Å². The maximum atomic E-state index is 14.0. The molecule has 0 fully saturated rings. The third kappa shape index (κ3) is 9.33. The van der Waals surface area contributed by atoms with Crippen LogP contribution in [-0.2, 0) is 28.7 Å². The second kappa shape index (κ2) is 17.5. The second-order valence-electron chi connectivity index (χ2n) is 11.8. The molecule has 5 N–H and O–H groups in total. The van der Waals surface area contributed by atoms with Gasteiger partial charge >= 0.3 is 5.97 Å². The molecule has 0 aliphatic carbocycles. The number of hydrogen-bond acceptors (Lipinski definition) is 7. The minimum Gasteiger partial charge on any atom is -0.467 e. The number of ether oxygens (including phenoxy) is 1. The van der Waals surface area contributed by atoms with Crippen LogP contribution in [0.1, 0.15) is 51.3 Å². The third-order valence-electron chi connectivity index (χ3n) is 7.86. The molecule has 47 heavy (non-hydrogen) atoms. The number of nitrogens with one attached hydrogen (secondary N) is 3. The van der Waals surface area contributed by atoms with Gasteiger partial charge in [0, 0.05) is 5.75 Å². The molecule has 0 spiro atoms. The number of hydrogen-bond donors (Lipinski definition) is 4. The van der Waals surface area contributed by atoms with E-state index in [-0.39, 0.29) is 23.3 Å². The Morgan fingerprint density at radius 2 is 1.23 bits per heavy atom. The maximum Gasteiger partial charge on any atom is 0.328 e. The molecule has 0 saturated carbocycles. The highest BCUT2D eigenvalue weighted by atomic mass is 32.2. The summed E-state index contributed by atoms with van der Waals surface area (Å²) in [6.45, 7) is 8.80. The van der Waals surface area contributed by atoms with Crippen molar-refractivity contribution in [1.82, 2.24) is 16.0 Å². The summed E-state index contributed by atoms with van der Waals surface area (Å²) in [6.07, 6.45) is 1.44. The van der Waals surface area contributed by atoms with E-state index in [1.165, 1.54) is 24.9 Å². The van der Waals surface area contributed by atoms with Gasteiger partial charge in [-0.05, 0) is 35.4 Å². The molecule has 0 heterocycles. The van der Waals surface area contributed by atoms with Crippen LogP contribution in [0.3, 0.4) is 0 Å². The lowest BCUT2D eigenvalue weighted by Crippen LogP contribution is -2.55. The zero-order chi connectivity index (χ0) is 34.6. The van der Waals surface area contributed by atoms with Gasteiger partial charge in [-0.25, -0.2) is 4.79 Å². The van der Waals surface area contributed by atoms with Crippen LogP contribution < -0.4 is 21.7 Å². The minimum atomic E-state index is -1.09. The largest absolute Gasteiger partial charge is 0.467 e. The van der Waals surface area contributed by atoms with Gasteiger partial charge in [-0.2, -0.15) is 0 Å². The minimum absolute atomic E-state index is 0.0672. The van der Waals surface area contributed by atoms with Crippen LogP contribution >= 0.6 is 11.8 Å². The van der Waals surface area contributed by atoms with Gasteiger partial charge in [0.15, 0.2) is 0 Å². The first-order valence-corrected chi connectivity index (χ1v) is 16.7. The van der Waals surface area contributed by atoms with E-state index in [9.17, 15) is 19.2 Å². The van der Waals surface area contributed by atoms with Crippen molar-refractivity contribution in [2.45, 2.75) is 57.5 Å². The highest BCUT2D eigenvalue weighted by Crippen LogP contribution is 2.48. The van der Waals surface area contributed by atoms with E-state index in [2.05, 4.69) is 16.0 Å². The fourth-order valence-electron chi connectivity index (χ4n) is 5.05. The van der Waals surface area contributed by atoms with Gasteiger partial charge in [0.1, 0.15) is 17.8 Å². The van der Waals surface area contributed by atoms with Crippen molar-refractivity contribution in [1.29, 1.82) is 0 Å². The lowest BCUT2D eigenvalue weighted by molar-refractivity contribution is -0.146. The summed E-state index contributed by atoms with van der Waals surface area (Å²) in [4.78, 5) is 52.8. The Morgan fingerprint density at radius 3 is 1.62 bits per heavy atom. The van der Waals surface area contributed by atoms with Gasteiger partial charge in [0.05, 0.1) is 17.9 Å². The average molecular weight is 659 g/mol. The number of methoxy groups -OCH3 is 1. The molecule has 0 radical (unpaired) electrons. The number of carbonyl (C=O) groups is 4. The molecule has 0 unspecified atom stereocenters. The molecule has 0 aromatic heterocycles. The monoisotopic (exact) mass is 658 g/mol. The Kier molecular flexibility index (Phi) is 13.8. The number of esters is 1. The predicted octanol–water partition coefficient (Wildman–Crippen LogP) is 4.51. The number of nitrogens with two attached hydrogens (primary N) is 1. The summed E-state index contributed by atoms with van der Waals surface area (Å²) < 4.78 is 4.08. The zero-order valence-corrected chi connectivity index (χ0v) is 28.7. The van der Waals surface area contributed by atoms with Crippen LogP contribution in [0.2, 0.25) is 0 Å². The number of rotatable bonds is 15. The summed E-state index contributed by atoms with van der Waals surface area (Å²) in [7, 11) is 1.25. The first-order valence-electron chi connectivity index (χ1n) is 15.7. The number of benzene rings is 3. The average Bonchev–Trinajstić information content (AvgIpc) is 3.09. The molecule has 3 rings (SSSR count). The fraction of sp³-hybridized carbons (Fsp3) is 0.351. The summed E-state index contributed by atoms with van der Waals surface area (Å²) in [5, 5.41) is 8.18. The molecule has 3 aromatic carbocycles. The fourth-order valence-corrected chi connectivity index (χ4v) is 6.61. The molecule has 3 amide bonds. The summed E-state index contributed by atoms with van der Waals surface area (Å²) in [6, 6.07) is 27.1. The lowest BCUT2D eigenvalue weighted by Gasteiger charge is -2.36. The normalized spacial score (nSPS) is 13.8. The van der Waals surface area contributed by atoms with E-state index in [1.807, 2.05) is 105 Å². The quantitative estimate of drug-likeness (QED) is 0.107. The lowest BCUT2D eigenvalue weighted by atomic mass is 9.84. The summed E-state index contributed by atoms with van der Waals surface area (Å²) in [5.41, 5.74) is 9.09. The standard InChI is InChI=1S/C37H46N4O5S/c1-7-29(33(42)41-32(25(4)5)36(45)46-6)39-34(43)30(40-35(44)31(38)24(2)3)23-47-37(26-17-11-8-12-18-26,27-19-13-9-14-20-27)28-21-15-10-16-22-28/h7-22,24-25,30-32H,23,38H2,1-6H3,(H,39,43)(H,40,44)(H,41,42)/b29-7-/t30-,31-,32+/m1/s1. The van der Waals surface area contributed by atoms with Crippen LogP contribution in [0, 0.1) is 11.8 Å². The highest BCUT2D eigenvalue weighted by molar-refractivity contribution is 8.00. The van der Waals surface area contributed by atoms with Crippen molar-refractivity contribution < 1.29 is 23.9 Å². The van der Waals surface area contributed by atoms with Crippen LogP contribution in [0.5, 0.6) is 0 Å². The van der Waals surface area contributed by atoms with Gasteiger partial charge in [0.25, 0.3) is 5.91 Å². The molecule has 0 saturated heterocycles. The maximum absolute atomic E-state index is 14.0. The van der Waals surface area contributed by atoms with Crippen molar-refractivity contribution in [2.24, 2.45) is 17.6 Å². The Balaban J connectivity index is 2.03. The molecule has 9 nitrogen and oxygen atoms in total. The number of allylic oxidation sites excluding steroid dienone is 1. The molecule has 0 aliphatic heterocycles. The summed E-state index contributed by atoms with van der Waals surface area (Å²) in [5.74, 6) is -2.66. The molecule has 3 aromatic rings. The van der Waals surface area contributed by atoms with Crippen molar-refractivity contribution in [3.05, 3.63) is 119 Å². The molecular formula is C37H46N4O5S. The van der Waals surface area contributed by atoms with Crippen LogP contribution in [0.25, 0.3) is 0 Å². The van der Waals surface area contributed by atoms with E-state index < -0.39 is 46.6 Å². The van der Waals surface area contributed by atoms with E-state index in [4.69, 9.17) is 10.5 Å². The van der Waals surface area contributed by atoms with Gasteiger partial charge < -0.3 is 26.4 Å². The van der Waals surface area contributed by atoms with Gasteiger partial charge in [-0.3, -0.25) is 14.4 Å². The van der Waals surface area contributed by atoms with Gasteiger partial charge in [0.2, 0.25) is 11.8 Å². The molecule has 0 bridgehead atoms. The Morgan fingerprint density at radius 1 is 0.766 bits per heavy atom. The smallest absolute Gasteiger partial charge is 0.328 e. The predicted molar refractivity (Wildman–Crippen MR) is 187 cm³/mol. The van der Waals surface area contributed by atoms with E-state index >= 15 is 0 Å². The first-order chi connectivity index (χ1) is 22.5. The molecule has 3 atom stereocenters. The molecule has 250 valence electrons. The first kappa shape index (κ1) is 37.1. The number of thioether (sulfide) groups is 1. The molecular weight excluding hydrogens is 612 g/mol. The molecule has 10 heteroatoms. The highest BCUT2D eigenvalue weighted by Gasteiger charge is 2.39. The van der Waals surface area contributed by atoms with Crippen molar-refractivity contribution in [2.75, 3.05) is 12.9 Å². The third-order valence-corrected chi connectivity index (χ3v) is 9.50. The summed E-state index contributed by atoms with van der Waals surface area (Å²) >= 11 is 1.49. The van der Waals surface area contributed by atoms with Crippen LogP contribution in [-0.4, -0.2) is 54.7 Å². The second-order valence-corrected chi connectivity index (χ2v) is 13.1. The van der Waals surface area contributed by atoms with E-state index in [0.29, 0.717) is 0 Å². The topological polar surface area (TPSA) is 140 Å². The van der Waals surface area contributed by atoms with Crippen molar-refractivity contribution in [3.8, 4) is 0 Å². The number of carbonyl (C=O) groups excluding carboxylic acids is 4. The zero-order valence-electron chi connectivity index (χ0n) is 27.9. The molecule has 0 aliphatic rings.